The van der Waals surface area contributed by atoms with Gasteiger partial charge in [-0.2, -0.15) is 10.2 Å². The van der Waals surface area contributed by atoms with Crippen LogP contribution in [0.3, 0.4) is 0 Å². The van der Waals surface area contributed by atoms with Crippen molar-refractivity contribution >= 4 is 65.0 Å². The minimum absolute atomic E-state index is 0.0634. The first kappa shape index (κ1) is 26.2. The largest absolute Gasteiger partial charge is 0.280 e. The average molecular weight is 512 g/mol. The lowest BCUT2D eigenvalue weighted by molar-refractivity contribution is 0.0911. The van der Waals surface area contributed by atoms with Crippen LogP contribution in [-0.2, 0) is 14.8 Å². The maximum atomic E-state index is 11.0. The molecule has 0 atom stereocenters. The van der Waals surface area contributed by atoms with E-state index in [4.69, 9.17) is 10.7 Å². The first-order valence-corrected chi connectivity index (χ1v) is 12.5. The number of benzene rings is 1. The Balaban J connectivity index is 0.000000287. The van der Waals surface area contributed by atoms with E-state index in [0.29, 0.717) is 0 Å². The van der Waals surface area contributed by atoms with Crippen molar-refractivity contribution in [3.8, 4) is 0 Å². The molecule has 0 saturated heterocycles. The molecule has 0 aliphatic carbocycles. The molecule has 0 aliphatic heterocycles. The summed E-state index contributed by atoms with van der Waals surface area (Å²) in [5.41, 5.74) is 1.25. The van der Waals surface area contributed by atoms with Crippen molar-refractivity contribution in [2.24, 2.45) is 0 Å². The summed E-state index contributed by atoms with van der Waals surface area (Å²) in [5, 5.41) is 8.14. The number of hydrogen-bond donors (Lipinski definition) is 0. The number of hydrogen-bond acceptors (Lipinski definition) is 7. The van der Waals surface area contributed by atoms with Gasteiger partial charge in [0.25, 0.3) is 9.05 Å². The van der Waals surface area contributed by atoms with Crippen LogP contribution in [0.15, 0.2) is 64.9 Å². The van der Waals surface area contributed by atoms with E-state index in [1.165, 1.54) is 30.3 Å². The number of thioether (sulfide) groups is 1. The van der Waals surface area contributed by atoms with E-state index in [-0.39, 0.29) is 16.8 Å². The molecule has 0 aliphatic rings. The van der Waals surface area contributed by atoms with Crippen molar-refractivity contribution in [2.75, 3.05) is 0 Å². The Kier molecular flexibility index (Phi) is 11.1. The molecule has 0 amide bonds. The van der Waals surface area contributed by atoms with Crippen LogP contribution in [0.5, 0.6) is 0 Å². The molecule has 3 rings (SSSR count). The number of carbonyl (C=O) groups excluding carboxylic acids is 2. The number of nitrogens with zero attached hydrogens (tertiary/aromatic N) is 4. The third-order valence-corrected chi connectivity index (χ3v) is 5.44. The van der Waals surface area contributed by atoms with Gasteiger partial charge in [-0.05, 0) is 17.7 Å². The predicted molar refractivity (Wildman–Crippen MR) is 118 cm³/mol. The second-order valence-electron chi connectivity index (χ2n) is 5.45. The van der Waals surface area contributed by atoms with E-state index in [1.54, 1.807) is 18.0 Å². The highest BCUT2D eigenvalue weighted by molar-refractivity contribution is 8.13. The molecule has 1 aromatic carbocycles. The Morgan fingerprint density at radius 3 is 1.90 bits per heavy atom. The summed E-state index contributed by atoms with van der Waals surface area (Å²) in [6.07, 6.45) is 2.92. The molecule has 0 N–H and O–H groups in total. The zero-order chi connectivity index (χ0) is 22.7. The molecule has 13 heteroatoms. The van der Waals surface area contributed by atoms with E-state index in [2.05, 4.69) is 44.0 Å². The van der Waals surface area contributed by atoms with E-state index >= 15 is 0 Å². The summed E-state index contributed by atoms with van der Waals surface area (Å²) < 4.78 is 23.5. The number of rotatable bonds is 4. The predicted octanol–water partition coefficient (Wildman–Crippen LogP) is 4.69. The highest BCUT2D eigenvalue weighted by atomic mass is 36.5. The fourth-order valence-corrected chi connectivity index (χ4v) is 3.37. The normalized spacial score (nSPS) is 10.3. The van der Waals surface area contributed by atoms with Gasteiger partial charge >= 0.3 is 0 Å². The zero-order valence-corrected chi connectivity index (χ0v) is 19.7. The van der Waals surface area contributed by atoms with E-state index in [1.807, 2.05) is 24.3 Å². The fourth-order valence-electron chi connectivity index (χ4n) is 1.90. The molecule has 0 unspecified atom stereocenters. The van der Waals surface area contributed by atoms with Gasteiger partial charge in [0.2, 0.25) is 11.8 Å². The van der Waals surface area contributed by atoms with Crippen molar-refractivity contribution in [2.45, 2.75) is 29.7 Å². The topological polar surface area (TPSA) is 104 Å². The van der Waals surface area contributed by atoms with Crippen molar-refractivity contribution in [1.29, 1.82) is 0 Å². The summed E-state index contributed by atoms with van der Waals surface area (Å²) in [5.74, 6) is 0.434. The van der Waals surface area contributed by atoms with Gasteiger partial charge in [-0.25, -0.2) is 17.8 Å². The van der Waals surface area contributed by atoms with E-state index < -0.39 is 9.05 Å². The van der Waals surface area contributed by atoms with E-state index in [9.17, 15) is 18.0 Å². The molecule has 162 valence electrons. The van der Waals surface area contributed by atoms with Gasteiger partial charge in [-0.15, -0.1) is 0 Å². The number of carbonyl (C=O) groups is 2. The third kappa shape index (κ3) is 8.88. The van der Waals surface area contributed by atoms with Crippen LogP contribution in [0.25, 0.3) is 0 Å². The van der Waals surface area contributed by atoms with Crippen molar-refractivity contribution in [3.63, 3.8) is 0 Å². The van der Waals surface area contributed by atoms with Crippen LogP contribution in [0, 0.1) is 0 Å². The van der Waals surface area contributed by atoms with Crippen LogP contribution < -0.4 is 0 Å². The molecule has 8 nitrogen and oxygen atoms in total. The molecule has 0 radical (unpaired) electrons. The summed E-state index contributed by atoms with van der Waals surface area (Å²) in [4.78, 5) is 21.7. The standard InChI is InChI=1S/C12H12N2OS.C5H5ClN2O3S.Cl2/c1-10(15)14-8-7-12(13-14)16-9-11-5-3-2-4-6-11;1-4(9)8-3-2-5(7-8)12(6,10)11;1-2/h2-8H,9H2,1H3;2-3H,1H3;. The maximum Gasteiger partial charge on any atom is 0.280 e. The Hall–Kier alpha value is -1.85. The molecule has 3 aromatic rings. The van der Waals surface area contributed by atoms with Crippen molar-refractivity contribution < 1.29 is 18.0 Å². The molecular weight excluding hydrogens is 495 g/mol. The summed E-state index contributed by atoms with van der Waals surface area (Å²) in [7, 11) is 9.36. The Morgan fingerprint density at radius 1 is 0.933 bits per heavy atom. The van der Waals surface area contributed by atoms with Crippen molar-refractivity contribution in [3.05, 3.63) is 60.4 Å². The average Bonchev–Trinajstić information content (AvgIpc) is 3.39. The van der Waals surface area contributed by atoms with Crippen LogP contribution in [0.4, 0.5) is 0 Å². The lowest BCUT2D eigenvalue weighted by Crippen LogP contribution is -2.06. The molecule has 0 bridgehead atoms. The Labute approximate surface area is 192 Å². The molecule has 30 heavy (non-hydrogen) atoms. The molecular formula is C17H17Cl3N4O4S2. The van der Waals surface area contributed by atoms with Gasteiger partial charge < -0.3 is 0 Å². The van der Waals surface area contributed by atoms with E-state index in [0.717, 1.165) is 21.5 Å². The van der Waals surface area contributed by atoms with Crippen molar-refractivity contribution in [1.82, 2.24) is 19.6 Å². The summed E-state index contributed by atoms with van der Waals surface area (Å²) in [6.45, 7) is 2.76. The van der Waals surface area contributed by atoms with Crippen LogP contribution in [0.1, 0.15) is 29.0 Å². The second kappa shape index (κ2) is 12.8. The Bertz CT molecular complexity index is 1070. The lowest BCUT2D eigenvalue weighted by atomic mass is 10.2. The SMILES string of the molecule is CC(=O)n1ccc(S(=O)(=O)Cl)n1.CC(=O)n1ccc(SCc2ccccc2)n1.ClCl. The molecule has 0 spiro atoms. The first-order valence-electron chi connectivity index (χ1n) is 8.05. The van der Waals surface area contributed by atoms with Gasteiger partial charge in [0.15, 0.2) is 5.03 Å². The number of halogens is 3. The monoisotopic (exact) mass is 510 g/mol. The highest BCUT2D eigenvalue weighted by Crippen LogP contribution is 2.20. The highest BCUT2D eigenvalue weighted by Gasteiger charge is 2.14. The van der Waals surface area contributed by atoms with Crippen LogP contribution in [-0.4, -0.2) is 39.8 Å². The second-order valence-corrected chi connectivity index (χ2v) is 8.96. The molecule has 2 aromatic heterocycles. The summed E-state index contributed by atoms with van der Waals surface area (Å²) in [6, 6.07) is 13.2. The molecule has 0 saturated carbocycles. The van der Waals surface area contributed by atoms with Gasteiger partial charge in [0.05, 0.1) is 0 Å². The summed E-state index contributed by atoms with van der Waals surface area (Å²) >= 11 is 1.63. The molecule has 2 heterocycles. The van der Waals surface area contributed by atoms with Gasteiger partial charge in [-0.1, -0.05) is 42.1 Å². The number of aromatic nitrogens is 4. The minimum atomic E-state index is -3.83. The minimum Gasteiger partial charge on any atom is -0.273 e. The lowest BCUT2D eigenvalue weighted by Gasteiger charge is -1.98. The van der Waals surface area contributed by atoms with Gasteiger partial charge in [0, 0.05) is 64.4 Å². The van der Waals surface area contributed by atoms with Gasteiger partial charge in [-0.3, -0.25) is 9.59 Å². The Morgan fingerprint density at radius 2 is 1.47 bits per heavy atom. The smallest absolute Gasteiger partial charge is 0.273 e. The van der Waals surface area contributed by atoms with Gasteiger partial charge in [0.1, 0.15) is 5.03 Å². The third-order valence-electron chi connectivity index (χ3n) is 3.25. The van der Waals surface area contributed by atoms with Crippen LogP contribution in [0.2, 0.25) is 0 Å². The zero-order valence-electron chi connectivity index (χ0n) is 15.8. The fraction of sp³-hybridized carbons (Fsp3) is 0.176. The quantitative estimate of drug-likeness (QED) is 0.370. The molecule has 0 fully saturated rings. The maximum absolute atomic E-state index is 11.0. The first-order chi connectivity index (χ1) is 14.2. The van der Waals surface area contributed by atoms with Crippen LogP contribution >= 0.6 is 44.2 Å².